The Morgan fingerprint density at radius 3 is 2.36 bits per heavy atom. The van der Waals surface area contributed by atoms with Crippen molar-refractivity contribution in [2.75, 3.05) is 40.3 Å². The summed E-state index contributed by atoms with van der Waals surface area (Å²) >= 11 is 0. The predicted octanol–water partition coefficient (Wildman–Crippen LogP) is 0.607. The molecular weight excluding hydrogens is 433 g/mol. The quantitative estimate of drug-likeness (QED) is 0.301. The Bertz CT molecular complexity index is 549. The Morgan fingerprint density at radius 2 is 1.76 bits per heavy atom. The van der Waals surface area contributed by atoms with Crippen molar-refractivity contribution >= 4 is 41.8 Å². The maximum Gasteiger partial charge on any atom is 0.241 e. The predicted molar refractivity (Wildman–Crippen MR) is 111 cm³/mol. The number of nitrogens with one attached hydrogen (secondary N) is 3. The van der Waals surface area contributed by atoms with E-state index >= 15 is 0 Å². The van der Waals surface area contributed by atoms with Gasteiger partial charge in [-0.3, -0.25) is 9.59 Å². The first-order chi connectivity index (χ1) is 11.5. The lowest BCUT2D eigenvalue weighted by molar-refractivity contribution is -0.127. The Hall–Kier alpha value is -1.84. The number of hydrogen-bond acceptors (Lipinski definition) is 3. The third kappa shape index (κ3) is 10.6. The van der Waals surface area contributed by atoms with Crippen LogP contribution in [0.2, 0.25) is 0 Å². The zero-order chi connectivity index (χ0) is 17.8. The van der Waals surface area contributed by atoms with Crippen LogP contribution in [0.25, 0.3) is 0 Å². The van der Waals surface area contributed by atoms with Crippen LogP contribution in [0.3, 0.4) is 0 Å². The number of carbonyl (C=O) groups is 2. The highest BCUT2D eigenvalue weighted by Gasteiger charge is 2.06. The number of halogens is 1. The SMILES string of the molecule is CCNC(=NCC(=O)NCCc1ccccc1)NCC(=O)N(C)C.I. The summed E-state index contributed by atoms with van der Waals surface area (Å²) in [5, 5.41) is 8.74. The number of nitrogens with zero attached hydrogens (tertiary/aromatic N) is 2. The van der Waals surface area contributed by atoms with Crippen molar-refractivity contribution in [3.05, 3.63) is 35.9 Å². The van der Waals surface area contributed by atoms with Crippen LogP contribution in [0, 0.1) is 0 Å². The van der Waals surface area contributed by atoms with Crippen LogP contribution >= 0.6 is 24.0 Å². The minimum atomic E-state index is -0.151. The molecule has 0 aliphatic heterocycles. The van der Waals surface area contributed by atoms with Gasteiger partial charge in [0.25, 0.3) is 0 Å². The average molecular weight is 461 g/mol. The molecule has 3 N–H and O–H groups in total. The Balaban J connectivity index is 0.00000576. The molecule has 25 heavy (non-hydrogen) atoms. The lowest BCUT2D eigenvalue weighted by Crippen LogP contribution is -2.43. The molecule has 0 aliphatic rings. The van der Waals surface area contributed by atoms with Crippen LogP contribution in [0.15, 0.2) is 35.3 Å². The van der Waals surface area contributed by atoms with Crippen LogP contribution in [-0.2, 0) is 16.0 Å². The number of amides is 2. The molecular formula is C17H28IN5O2. The van der Waals surface area contributed by atoms with Crippen LogP contribution in [0.5, 0.6) is 0 Å². The minimum Gasteiger partial charge on any atom is -0.357 e. The first-order valence-electron chi connectivity index (χ1n) is 8.06. The maximum absolute atomic E-state index is 11.8. The lowest BCUT2D eigenvalue weighted by atomic mass is 10.1. The van der Waals surface area contributed by atoms with Crippen molar-refractivity contribution in [1.82, 2.24) is 20.9 Å². The standard InChI is InChI=1S/C17H27N5O2.HI/c1-4-18-17(21-13-16(24)22(2)3)20-12-15(23)19-11-10-14-8-6-5-7-9-14;/h5-9H,4,10-13H2,1-3H3,(H,19,23)(H2,18,20,21);1H. The number of guanidine groups is 1. The zero-order valence-corrected chi connectivity index (χ0v) is 17.4. The lowest BCUT2D eigenvalue weighted by Gasteiger charge is -2.14. The van der Waals surface area contributed by atoms with Crippen LogP contribution in [0.1, 0.15) is 12.5 Å². The molecule has 0 spiro atoms. The molecule has 0 aromatic heterocycles. The maximum atomic E-state index is 11.8. The summed E-state index contributed by atoms with van der Waals surface area (Å²) in [4.78, 5) is 29.1. The smallest absolute Gasteiger partial charge is 0.241 e. The van der Waals surface area contributed by atoms with Gasteiger partial charge in [0.2, 0.25) is 11.8 Å². The normalized spacial score (nSPS) is 10.4. The van der Waals surface area contributed by atoms with Crippen molar-refractivity contribution in [3.8, 4) is 0 Å². The van der Waals surface area contributed by atoms with Gasteiger partial charge in [-0.1, -0.05) is 30.3 Å². The van der Waals surface area contributed by atoms with Gasteiger partial charge in [-0.05, 0) is 18.9 Å². The molecule has 0 aliphatic carbocycles. The van der Waals surface area contributed by atoms with Gasteiger partial charge in [0.1, 0.15) is 6.54 Å². The fraction of sp³-hybridized carbons (Fsp3) is 0.471. The van der Waals surface area contributed by atoms with E-state index in [9.17, 15) is 9.59 Å². The van der Waals surface area contributed by atoms with Crippen LogP contribution in [0.4, 0.5) is 0 Å². The molecule has 2 amide bonds. The third-order valence-corrected chi connectivity index (χ3v) is 3.21. The van der Waals surface area contributed by atoms with E-state index in [2.05, 4.69) is 20.9 Å². The van der Waals surface area contributed by atoms with E-state index in [0.717, 1.165) is 6.42 Å². The second-order valence-corrected chi connectivity index (χ2v) is 5.42. The van der Waals surface area contributed by atoms with Gasteiger partial charge in [-0.2, -0.15) is 0 Å². The first kappa shape index (κ1) is 23.2. The Labute approximate surface area is 166 Å². The van der Waals surface area contributed by atoms with Gasteiger partial charge >= 0.3 is 0 Å². The molecule has 0 saturated heterocycles. The number of rotatable bonds is 8. The van der Waals surface area contributed by atoms with E-state index in [1.54, 1.807) is 14.1 Å². The number of likely N-dealkylation sites (N-methyl/N-ethyl adjacent to an activating group) is 1. The number of carbonyl (C=O) groups excluding carboxylic acids is 2. The Morgan fingerprint density at radius 1 is 1.08 bits per heavy atom. The second kappa shape index (κ2) is 13.5. The van der Waals surface area contributed by atoms with Gasteiger partial charge in [0.15, 0.2) is 5.96 Å². The molecule has 0 saturated carbocycles. The van der Waals surface area contributed by atoms with Crippen molar-refractivity contribution < 1.29 is 9.59 Å². The van der Waals surface area contributed by atoms with Crippen molar-refractivity contribution in [2.45, 2.75) is 13.3 Å². The van der Waals surface area contributed by atoms with Crippen molar-refractivity contribution in [3.63, 3.8) is 0 Å². The van der Waals surface area contributed by atoms with E-state index in [-0.39, 0.29) is 48.9 Å². The molecule has 1 rings (SSSR count). The van der Waals surface area contributed by atoms with Gasteiger partial charge in [0, 0.05) is 27.2 Å². The highest BCUT2D eigenvalue weighted by molar-refractivity contribution is 14.0. The number of aliphatic imine (C=N–C) groups is 1. The molecule has 1 aromatic carbocycles. The molecule has 0 fully saturated rings. The van der Waals surface area contributed by atoms with E-state index in [0.29, 0.717) is 19.0 Å². The van der Waals surface area contributed by atoms with Gasteiger partial charge < -0.3 is 20.9 Å². The topological polar surface area (TPSA) is 85.8 Å². The van der Waals surface area contributed by atoms with E-state index in [1.165, 1.54) is 10.5 Å². The fourth-order valence-corrected chi connectivity index (χ4v) is 1.86. The molecule has 0 heterocycles. The molecule has 1 aromatic rings. The molecule has 7 nitrogen and oxygen atoms in total. The number of hydrogen-bond donors (Lipinski definition) is 3. The van der Waals surface area contributed by atoms with Gasteiger partial charge in [-0.15, -0.1) is 24.0 Å². The fourth-order valence-electron chi connectivity index (χ4n) is 1.86. The van der Waals surface area contributed by atoms with E-state index in [1.807, 2.05) is 37.3 Å². The van der Waals surface area contributed by atoms with Crippen molar-refractivity contribution in [2.24, 2.45) is 4.99 Å². The summed E-state index contributed by atoms with van der Waals surface area (Å²) in [6.45, 7) is 3.29. The summed E-state index contributed by atoms with van der Waals surface area (Å²) in [5.41, 5.74) is 1.18. The molecule has 0 radical (unpaired) electrons. The average Bonchev–Trinajstić information content (AvgIpc) is 2.58. The second-order valence-electron chi connectivity index (χ2n) is 5.42. The molecule has 0 unspecified atom stereocenters. The summed E-state index contributed by atoms with van der Waals surface area (Å²) in [5.74, 6) is 0.237. The first-order valence-corrected chi connectivity index (χ1v) is 8.06. The van der Waals surface area contributed by atoms with Gasteiger partial charge in [-0.25, -0.2) is 4.99 Å². The van der Waals surface area contributed by atoms with Gasteiger partial charge in [0.05, 0.1) is 6.54 Å². The zero-order valence-electron chi connectivity index (χ0n) is 15.0. The summed E-state index contributed by atoms with van der Waals surface area (Å²) in [6.07, 6.45) is 0.784. The largest absolute Gasteiger partial charge is 0.357 e. The summed E-state index contributed by atoms with van der Waals surface area (Å²) in [6, 6.07) is 9.97. The van der Waals surface area contributed by atoms with Crippen LogP contribution in [-0.4, -0.2) is 62.9 Å². The van der Waals surface area contributed by atoms with E-state index < -0.39 is 0 Å². The highest BCUT2D eigenvalue weighted by atomic mass is 127. The third-order valence-electron chi connectivity index (χ3n) is 3.21. The number of benzene rings is 1. The summed E-state index contributed by atoms with van der Waals surface area (Å²) < 4.78 is 0. The Kier molecular flexibility index (Phi) is 12.5. The monoisotopic (exact) mass is 461 g/mol. The molecule has 0 bridgehead atoms. The van der Waals surface area contributed by atoms with E-state index in [4.69, 9.17) is 0 Å². The molecule has 0 atom stereocenters. The molecule has 140 valence electrons. The minimum absolute atomic E-state index is 0. The van der Waals surface area contributed by atoms with Crippen LogP contribution < -0.4 is 16.0 Å². The van der Waals surface area contributed by atoms with Crippen molar-refractivity contribution in [1.29, 1.82) is 0 Å². The summed E-state index contributed by atoms with van der Waals surface area (Å²) in [7, 11) is 3.38. The highest BCUT2D eigenvalue weighted by Crippen LogP contribution is 1.97. The molecule has 8 heteroatoms.